The molecule has 3 N–H and O–H groups in total. The minimum absolute atomic E-state index is 0.0341. The van der Waals surface area contributed by atoms with Crippen molar-refractivity contribution in [3.63, 3.8) is 0 Å². The van der Waals surface area contributed by atoms with E-state index in [0.717, 1.165) is 29.8 Å². The second-order valence-electron chi connectivity index (χ2n) is 7.89. The molecule has 0 aliphatic heterocycles. The zero-order valence-corrected chi connectivity index (χ0v) is 18.7. The van der Waals surface area contributed by atoms with Crippen LogP contribution in [-0.2, 0) is 30.8 Å². The molecular formula is C21H28N4O5S. The Morgan fingerprint density at radius 2 is 1.90 bits per heavy atom. The van der Waals surface area contributed by atoms with Crippen LogP contribution in [0.4, 0.5) is 0 Å². The average molecular weight is 449 g/mol. The van der Waals surface area contributed by atoms with Crippen molar-refractivity contribution in [1.29, 1.82) is 0 Å². The summed E-state index contributed by atoms with van der Waals surface area (Å²) in [6, 6.07) is 5.98. The maximum atomic E-state index is 12.5. The first kappa shape index (κ1) is 23.0. The van der Waals surface area contributed by atoms with Crippen molar-refractivity contribution < 1.29 is 22.7 Å². The van der Waals surface area contributed by atoms with E-state index >= 15 is 0 Å². The largest absolute Gasteiger partial charge is 0.469 e. The van der Waals surface area contributed by atoms with Crippen molar-refractivity contribution in [3.05, 3.63) is 41.2 Å². The first-order valence-electron chi connectivity index (χ1n) is 10.1. The molecule has 1 aromatic carbocycles. The normalized spacial score (nSPS) is 14.8. The Hall–Kier alpha value is -2.72. The standard InChI is InChI=1S/C21H28N4O5S/c1-13-18(10-11-20(26)23-19(15-4-5-15)12-21(27)30-3)14(2)25(24-13)16-6-8-17(9-7-16)31(22,28)29/h6-9,15,19H,4-5,10-12H2,1-3H3,(H,23,26)(H2,22,28,29)/t19-/m1/s1. The van der Waals surface area contributed by atoms with Crippen LogP contribution < -0.4 is 10.5 Å². The van der Waals surface area contributed by atoms with Crippen molar-refractivity contribution in [1.82, 2.24) is 15.1 Å². The summed E-state index contributed by atoms with van der Waals surface area (Å²) in [4.78, 5) is 24.1. The Labute approximate surface area is 182 Å². The molecule has 1 aliphatic carbocycles. The molecule has 0 unspecified atom stereocenters. The molecule has 2 aromatic rings. The molecule has 0 spiro atoms. The van der Waals surface area contributed by atoms with E-state index in [1.54, 1.807) is 16.8 Å². The van der Waals surface area contributed by atoms with Crippen molar-refractivity contribution in [2.75, 3.05) is 7.11 Å². The molecule has 168 valence electrons. The number of sulfonamides is 1. The SMILES string of the molecule is COC(=O)C[C@@H](NC(=O)CCc1c(C)nn(-c2ccc(S(N)(=O)=O)cc2)c1C)C1CC1. The van der Waals surface area contributed by atoms with Crippen LogP contribution in [0.1, 0.15) is 42.6 Å². The van der Waals surface area contributed by atoms with Crippen LogP contribution in [0.2, 0.25) is 0 Å². The lowest BCUT2D eigenvalue weighted by molar-refractivity contribution is -0.141. The third-order valence-electron chi connectivity index (χ3n) is 5.60. The molecule has 1 amide bonds. The number of carbonyl (C=O) groups excluding carboxylic acids is 2. The van der Waals surface area contributed by atoms with Crippen LogP contribution in [0.5, 0.6) is 0 Å². The lowest BCUT2D eigenvalue weighted by Gasteiger charge is -2.17. The van der Waals surface area contributed by atoms with E-state index in [4.69, 9.17) is 9.88 Å². The number of rotatable bonds is 9. The molecule has 1 heterocycles. The number of nitrogens with one attached hydrogen (secondary N) is 1. The van der Waals surface area contributed by atoms with Crippen LogP contribution in [-0.4, -0.2) is 43.2 Å². The van der Waals surface area contributed by atoms with E-state index in [1.165, 1.54) is 19.2 Å². The Morgan fingerprint density at radius 1 is 1.26 bits per heavy atom. The number of primary sulfonamides is 1. The third-order valence-corrected chi connectivity index (χ3v) is 6.53. The average Bonchev–Trinajstić information content (AvgIpc) is 3.52. The number of hydrogen-bond acceptors (Lipinski definition) is 6. The van der Waals surface area contributed by atoms with Gasteiger partial charge >= 0.3 is 5.97 Å². The first-order chi connectivity index (χ1) is 14.6. The quantitative estimate of drug-likeness (QED) is 0.559. The number of nitrogens with two attached hydrogens (primary N) is 1. The summed E-state index contributed by atoms with van der Waals surface area (Å²) in [7, 11) is -2.41. The molecule has 0 bridgehead atoms. The van der Waals surface area contributed by atoms with Gasteiger partial charge in [0.15, 0.2) is 0 Å². The van der Waals surface area contributed by atoms with E-state index in [9.17, 15) is 18.0 Å². The molecule has 1 aromatic heterocycles. The van der Waals surface area contributed by atoms with Gasteiger partial charge < -0.3 is 10.1 Å². The molecule has 9 nitrogen and oxygen atoms in total. The van der Waals surface area contributed by atoms with Crippen molar-refractivity contribution in [2.45, 2.75) is 56.9 Å². The number of esters is 1. The molecule has 1 aliphatic rings. The fraction of sp³-hybridized carbons (Fsp3) is 0.476. The van der Waals surface area contributed by atoms with Gasteiger partial charge in [-0.25, -0.2) is 18.2 Å². The van der Waals surface area contributed by atoms with Crippen LogP contribution in [0, 0.1) is 19.8 Å². The Bertz CT molecular complexity index is 1070. The molecule has 31 heavy (non-hydrogen) atoms. The Balaban J connectivity index is 1.67. The van der Waals surface area contributed by atoms with Gasteiger partial charge in [0, 0.05) is 18.2 Å². The van der Waals surface area contributed by atoms with E-state index in [1.807, 2.05) is 13.8 Å². The second kappa shape index (κ2) is 9.19. The Kier molecular flexibility index (Phi) is 6.80. The number of aryl methyl sites for hydroxylation is 1. The van der Waals surface area contributed by atoms with Gasteiger partial charge in [0.25, 0.3) is 0 Å². The monoisotopic (exact) mass is 448 g/mol. The van der Waals surface area contributed by atoms with Crippen LogP contribution in [0.15, 0.2) is 29.2 Å². The smallest absolute Gasteiger partial charge is 0.307 e. The fourth-order valence-electron chi connectivity index (χ4n) is 3.68. The number of methoxy groups -OCH3 is 1. The summed E-state index contributed by atoms with van der Waals surface area (Å²) >= 11 is 0. The predicted molar refractivity (Wildman–Crippen MR) is 114 cm³/mol. The molecule has 1 saturated carbocycles. The number of nitrogens with zero attached hydrogens (tertiary/aromatic N) is 2. The topological polar surface area (TPSA) is 133 Å². The lowest BCUT2D eigenvalue weighted by Crippen LogP contribution is -2.38. The molecule has 1 fully saturated rings. The van der Waals surface area contributed by atoms with Gasteiger partial charge in [-0.15, -0.1) is 0 Å². The summed E-state index contributed by atoms with van der Waals surface area (Å²) in [5.41, 5.74) is 3.34. The van der Waals surface area contributed by atoms with Gasteiger partial charge in [-0.2, -0.15) is 5.10 Å². The van der Waals surface area contributed by atoms with Gasteiger partial charge in [0.2, 0.25) is 15.9 Å². The molecule has 0 radical (unpaired) electrons. The van der Waals surface area contributed by atoms with Gasteiger partial charge in [0.1, 0.15) is 0 Å². The highest BCUT2D eigenvalue weighted by Gasteiger charge is 2.34. The van der Waals surface area contributed by atoms with E-state index < -0.39 is 10.0 Å². The summed E-state index contributed by atoms with van der Waals surface area (Å²) in [6.07, 6.45) is 3.00. The number of benzene rings is 1. The summed E-state index contributed by atoms with van der Waals surface area (Å²) in [5, 5.41) is 12.7. The molecule has 3 rings (SSSR count). The molecule has 10 heteroatoms. The number of aromatic nitrogens is 2. The number of hydrogen-bond donors (Lipinski definition) is 2. The highest BCUT2D eigenvalue weighted by atomic mass is 32.2. The lowest BCUT2D eigenvalue weighted by atomic mass is 10.1. The maximum Gasteiger partial charge on any atom is 0.307 e. The second-order valence-corrected chi connectivity index (χ2v) is 9.45. The molecule has 1 atom stereocenters. The zero-order chi connectivity index (χ0) is 22.8. The van der Waals surface area contributed by atoms with E-state index in [-0.39, 0.29) is 35.7 Å². The minimum atomic E-state index is -3.76. The maximum absolute atomic E-state index is 12.5. The van der Waals surface area contributed by atoms with Gasteiger partial charge in [-0.3, -0.25) is 9.59 Å². The van der Waals surface area contributed by atoms with Crippen molar-refractivity contribution in [3.8, 4) is 5.69 Å². The minimum Gasteiger partial charge on any atom is -0.469 e. The zero-order valence-electron chi connectivity index (χ0n) is 17.9. The summed E-state index contributed by atoms with van der Waals surface area (Å²) in [6.45, 7) is 3.78. The molecular weight excluding hydrogens is 420 g/mol. The summed E-state index contributed by atoms with van der Waals surface area (Å²) < 4.78 is 29.3. The van der Waals surface area contributed by atoms with Gasteiger partial charge in [-0.1, -0.05) is 0 Å². The van der Waals surface area contributed by atoms with Gasteiger partial charge in [-0.05, 0) is 68.9 Å². The highest BCUT2D eigenvalue weighted by Crippen LogP contribution is 2.34. The molecule has 0 saturated heterocycles. The fourth-order valence-corrected chi connectivity index (χ4v) is 4.20. The van der Waals surface area contributed by atoms with Crippen molar-refractivity contribution in [2.24, 2.45) is 11.1 Å². The van der Waals surface area contributed by atoms with Crippen LogP contribution in [0.3, 0.4) is 0 Å². The first-order valence-corrected chi connectivity index (χ1v) is 11.7. The predicted octanol–water partition coefficient (Wildman–Crippen LogP) is 1.53. The van der Waals surface area contributed by atoms with Crippen LogP contribution >= 0.6 is 0 Å². The number of carbonyl (C=O) groups is 2. The van der Waals surface area contributed by atoms with Crippen molar-refractivity contribution >= 4 is 21.9 Å². The number of ether oxygens (including phenoxy) is 1. The van der Waals surface area contributed by atoms with Gasteiger partial charge in [0.05, 0.1) is 29.8 Å². The summed E-state index contributed by atoms with van der Waals surface area (Å²) in [5.74, 6) is -0.0851. The third kappa shape index (κ3) is 5.71. The van der Waals surface area contributed by atoms with E-state index in [0.29, 0.717) is 18.0 Å². The number of amides is 1. The Morgan fingerprint density at radius 3 is 2.45 bits per heavy atom. The van der Waals surface area contributed by atoms with Crippen LogP contribution in [0.25, 0.3) is 5.69 Å². The highest BCUT2D eigenvalue weighted by molar-refractivity contribution is 7.89. The van der Waals surface area contributed by atoms with E-state index in [2.05, 4.69) is 10.4 Å².